The molecule has 0 spiro atoms. The maximum atomic E-state index is 11.9. The minimum Gasteiger partial charge on any atom is -0.477 e. The second-order valence-corrected chi connectivity index (χ2v) is 6.46. The van der Waals surface area contributed by atoms with Crippen LogP contribution in [0, 0.1) is 20.2 Å². The van der Waals surface area contributed by atoms with E-state index in [0.717, 1.165) is 6.07 Å². The number of non-ortho nitro benzene ring substituents is 1. The van der Waals surface area contributed by atoms with Crippen LogP contribution in [0.5, 0.6) is 5.75 Å². The maximum absolute atomic E-state index is 11.9. The molecular weight excluding hydrogens is 430 g/mol. The van der Waals surface area contributed by atoms with Crippen molar-refractivity contribution in [3.63, 3.8) is 0 Å². The van der Waals surface area contributed by atoms with E-state index >= 15 is 0 Å². The van der Waals surface area contributed by atoms with Crippen LogP contribution >= 0.6 is 11.6 Å². The van der Waals surface area contributed by atoms with Crippen molar-refractivity contribution in [3.05, 3.63) is 91.7 Å². The number of hydrogen-bond acceptors (Lipinski definition) is 7. The Morgan fingerprint density at radius 3 is 2.55 bits per heavy atom. The quantitative estimate of drug-likeness (QED) is 0.321. The number of nitrogens with one attached hydrogen (secondary N) is 1. The second kappa shape index (κ2) is 9.50. The fourth-order valence-corrected chi connectivity index (χ4v) is 2.74. The van der Waals surface area contributed by atoms with E-state index in [4.69, 9.17) is 16.3 Å². The molecule has 1 aromatic heterocycles. The number of amides is 1. The largest absolute Gasteiger partial charge is 0.477 e. The molecule has 3 aromatic rings. The van der Waals surface area contributed by atoms with E-state index in [9.17, 15) is 25.0 Å². The number of nitrogens with zero attached hydrogens (tertiary/aromatic N) is 4. The molecule has 0 radical (unpaired) electrons. The molecular formula is C19H14ClN5O6. The van der Waals surface area contributed by atoms with E-state index in [1.54, 1.807) is 35.0 Å². The van der Waals surface area contributed by atoms with Gasteiger partial charge >= 0.3 is 5.69 Å². The summed E-state index contributed by atoms with van der Waals surface area (Å²) in [6, 6.07) is 13.2. The van der Waals surface area contributed by atoms with Gasteiger partial charge in [0.25, 0.3) is 11.6 Å². The number of hydrazone groups is 1. The zero-order valence-corrected chi connectivity index (χ0v) is 16.4. The van der Waals surface area contributed by atoms with Gasteiger partial charge in [-0.05, 0) is 36.4 Å². The summed E-state index contributed by atoms with van der Waals surface area (Å²) in [7, 11) is 0. The van der Waals surface area contributed by atoms with Crippen molar-refractivity contribution in [2.45, 2.75) is 0 Å². The molecule has 0 aliphatic carbocycles. The highest BCUT2D eigenvalue weighted by Crippen LogP contribution is 2.29. The standard InChI is InChI=1S/C19H14ClN5O6/c20-13-3-8-18(17(10-13)25(29)30)31-12-19(26)22-21-11-16-2-1-9-23(16)14-4-6-15(7-5-14)24(27)28/h1-11H,12H2,(H,22,26)/b21-11+. The lowest BCUT2D eigenvalue weighted by atomic mass is 10.3. The molecule has 3 rings (SSSR count). The van der Waals surface area contributed by atoms with Crippen molar-refractivity contribution in [1.29, 1.82) is 0 Å². The van der Waals surface area contributed by atoms with Crippen LogP contribution < -0.4 is 10.2 Å². The fraction of sp³-hybridized carbons (Fsp3) is 0.0526. The SMILES string of the molecule is O=C(COc1ccc(Cl)cc1[N+](=O)[O-])N/N=C/c1cccn1-c1ccc([N+](=O)[O-])cc1. The van der Waals surface area contributed by atoms with Crippen LogP contribution in [0.4, 0.5) is 11.4 Å². The highest BCUT2D eigenvalue weighted by molar-refractivity contribution is 6.30. The first-order chi connectivity index (χ1) is 14.8. The van der Waals surface area contributed by atoms with Gasteiger partial charge in [-0.15, -0.1) is 0 Å². The van der Waals surface area contributed by atoms with Gasteiger partial charge in [0.15, 0.2) is 12.4 Å². The topological polar surface area (TPSA) is 142 Å². The van der Waals surface area contributed by atoms with E-state index < -0.39 is 22.4 Å². The molecule has 2 aromatic carbocycles. The van der Waals surface area contributed by atoms with Crippen LogP contribution in [0.3, 0.4) is 0 Å². The third-order valence-electron chi connectivity index (χ3n) is 3.98. The number of hydrogen-bond donors (Lipinski definition) is 1. The van der Waals surface area contributed by atoms with Crippen LogP contribution in [-0.2, 0) is 4.79 Å². The average Bonchev–Trinajstić information content (AvgIpc) is 3.21. The molecule has 1 heterocycles. The summed E-state index contributed by atoms with van der Waals surface area (Å²) in [4.78, 5) is 32.6. The van der Waals surface area contributed by atoms with Crippen molar-refractivity contribution in [2.24, 2.45) is 5.10 Å². The van der Waals surface area contributed by atoms with Gasteiger partial charge in [0.1, 0.15) is 0 Å². The summed E-state index contributed by atoms with van der Waals surface area (Å²) >= 11 is 5.73. The van der Waals surface area contributed by atoms with E-state index in [0.29, 0.717) is 11.4 Å². The smallest absolute Gasteiger partial charge is 0.312 e. The van der Waals surface area contributed by atoms with Crippen molar-refractivity contribution in [3.8, 4) is 11.4 Å². The monoisotopic (exact) mass is 443 g/mol. The predicted octanol–water partition coefficient (Wildman–Crippen LogP) is 3.48. The number of benzene rings is 2. The average molecular weight is 444 g/mol. The van der Waals surface area contributed by atoms with Gasteiger partial charge in [0, 0.05) is 35.1 Å². The number of rotatable bonds is 8. The molecule has 11 nitrogen and oxygen atoms in total. The Hall–Kier alpha value is -4.25. The van der Waals surface area contributed by atoms with E-state index in [1.165, 1.54) is 30.5 Å². The Labute approximate surface area is 179 Å². The fourth-order valence-electron chi connectivity index (χ4n) is 2.57. The van der Waals surface area contributed by atoms with Crippen LogP contribution in [0.1, 0.15) is 5.69 Å². The van der Waals surface area contributed by atoms with Crippen molar-refractivity contribution in [2.75, 3.05) is 6.61 Å². The third-order valence-corrected chi connectivity index (χ3v) is 4.22. The number of carbonyl (C=O) groups excluding carboxylic acids is 1. The molecule has 0 fully saturated rings. The molecule has 1 amide bonds. The van der Waals surface area contributed by atoms with Gasteiger partial charge in [0.05, 0.1) is 21.8 Å². The highest BCUT2D eigenvalue weighted by atomic mass is 35.5. The van der Waals surface area contributed by atoms with Crippen LogP contribution in [0.25, 0.3) is 5.69 Å². The zero-order valence-electron chi connectivity index (χ0n) is 15.7. The van der Waals surface area contributed by atoms with Gasteiger partial charge < -0.3 is 9.30 Å². The minimum absolute atomic E-state index is 0.0284. The van der Waals surface area contributed by atoms with Crippen molar-refractivity contribution in [1.82, 2.24) is 9.99 Å². The Morgan fingerprint density at radius 2 is 1.87 bits per heavy atom. The van der Waals surface area contributed by atoms with Gasteiger partial charge in [0.2, 0.25) is 0 Å². The van der Waals surface area contributed by atoms with Crippen molar-refractivity contribution < 1.29 is 19.4 Å². The highest BCUT2D eigenvalue weighted by Gasteiger charge is 2.16. The van der Waals surface area contributed by atoms with Gasteiger partial charge in [-0.25, -0.2) is 5.43 Å². The lowest BCUT2D eigenvalue weighted by Gasteiger charge is -2.07. The van der Waals surface area contributed by atoms with Crippen LogP contribution in [-0.4, -0.2) is 33.1 Å². The molecule has 0 aliphatic heterocycles. The minimum atomic E-state index is -0.663. The number of aromatic nitrogens is 1. The Balaban J connectivity index is 1.61. The number of ether oxygens (including phenoxy) is 1. The van der Waals surface area contributed by atoms with Gasteiger partial charge in [-0.2, -0.15) is 5.10 Å². The summed E-state index contributed by atoms with van der Waals surface area (Å²) in [6.07, 6.45) is 3.11. The van der Waals surface area contributed by atoms with Crippen LogP contribution in [0.15, 0.2) is 65.9 Å². The molecule has 1 N–H and O–H groups in total. The summed E-state index contributed by atoms with van der Waals surface area (Å²) in [5.74, 6) is -0.727. The molecule has 158 valence electrons. The number of nitro groups is 2. The molecule has 0 unspecified atom stereocenters. The van der Waals surface area contributed by atoms with E-state index in [2.05, 4.69) is 10.5 Å². The molecule has 0 atom stereocenters. The Kier molecular flexibility index (Phi) is 6.58. The van der Waals surface area contributed by atoms with Gasteiger partial charge in [-0.3, -0.25) is 25.0 Å². The summed E-state index contributed by atoms with van der Waals surface area (Å²) in [5, 5.41) is 25.8. The molecule has 12 heteroatoms. The Morgan fingerprint density at radius 1 is 1.13 bits per heavy atom. The van der Waals surface area contributed by atoms with E-state index in [-0.39, 0.29) is 22.1 Å². The molecule has 0 bridgehead atoms. The summed E-state index contributed by atoms with van der Waals surface area (Å²) in [6.45, 7) is -0.497. The summed E-state index contributed by atoms with van der Waals surface area (Å²) in [5.41, 5.74) is 3.14. The Bertz CT molecular complexity index is 1160. The van der Waals surface area contributed by atoms with Crippen LogP contribution in [0.2, 0.25) is 5.02 Å². The molecule has 0 saturated carbocycles. The van der Waals surface area contributed by atoms with Gasteiger partial charge in [-0.1, -0.05) is 11.6 Å². The first-order valence-electron chi connectivity index (χ1n) is 8.66. The predicted molar refractivity (Wildman–Crippen MR) is 112 cm³/mol. The number of nitro benzene ring substituents is 2. The molecule has 0 aliphatic rings. The first kappa shape index (κ1) is 21.5. The molecule has 0 saturated heterocycles. The zero-order chi connectivity index (χ0) is 22.4. The first-order valence-corrected chi connectivity index (χ1v) is 9.04. The van der Waals surface area contributed by atoms with Crippen molar-refractivity contribution >= 4 is 35.1 Å². The normalized spacial score (nSPS) is 10.7. The van der Waals surface area contributed by atoms with E-state index in [1.807, 2.05) is 0 Å². The number of carbonyl (C=O) groups is 1. The lowest BCUT2D eigenvalue weighted by Crippen LogP contribution is -2.24. The summed E-state index contributed by atoms with van der Waals surface area (Å²) < 4.78 is 6.90. The molecule has 31 heavy (non-hydrogen) atoms. The maximum Gasteiger partial charge on any atom is 0.312 e. The number of halogens is 1. The third kappa shape index (κ3) is 5.42. The second-order valence-electron chi connectivity index (χ2n) is 6.03. The lowest BCUT2D eigenvalue weighted by molar-refractivity contribution is -0.385.